The molecule has 30 heavy (non-hydrogen) atoms. The Morgan fingerprint density at radius 1 is 1.27 bits per heavy atom. The number of nitrogens with one attached hydrogen (secondary N) is 1. The summed E-state index contributed by atoms with van der Waals surface area (Å²) in [6, 6.07) is 10.5. The van der Waals surface area contributed by atoms with Crippen molar-refractivity contribution < 1.29 is 18.1 Å². The van der Waals surface area contributed by atoms with Crippen LogP contribution in [0.4, 0.5) is 24.5 Å². The number of nitro groups is 1. The minimum Gasteiger partial charge on any atom is -0.359 e. The normalized spacial score (nSPS) is 11.8. The first-order chi connectivity index (χ1) is 14.2. The molecular weight excluding hydrogens is 441 g/mol. The highest BCUT2D eigenvalue weighted by molar-refractivity contribution is 7.11. The summed E-state index contributed by atoms with van der Waals surface area (Å²) >= 11 is 7.08. The number of hydrogen-bond donors (Lipinski definition) is 1. The van der Waals surface area contributed by atoms with E-state index in [1.165, 1.54) is 30.5 Å². The van der Waals surface area contributed by atoms with E-state index < -0.39 is 16.7 Å². The number of nitro benzene ring substituents is 1. The molecule has 0 saturated carbocycles. The summed E-state index contributed by atoms with van der Waals surface area (Å²) in [5, 5.41) is 24.8. The minimum absolute atomic E-state index is 0.00797. The number of non-ortho nitro benzene ring substituents is 1. The second-order valence-corrected chi connectivity index (χ2v) is 7.11. The number of aromatic nitrogens is 1. The molecule has 2 aromatic carbocycles. The second-order valence-electron chi connectivity index (χ2n) is 5.85. The van der Waals surface area contributed by atoms with Crippen LogP contribution in [0, 0.1) is 21.4 Å². The van der Waals surface area contributed by atoms with Gasteiger partial charge in [0.1, 0.15) is 16.6 Å². The highest BCUT2D eigenvalue weighted by Crippen LogP contribution is 2.34. The number of nitriles is 1. The van der Waals surface area contributed by atoms with Crippen LogP contribution in [0.3, 0.4) is 0 Å². The van der Waals surface area contributed by atoms with Gasteiger partial charge in [0.15, 0.2) is 0 Å². The molecular formula is C19H10ClF3N4O2S. The van der Waals surface area contributed by atoms with Gasteiger partial charge < -0.3 is 5.32 Å². The first kappa shape index (κ1) is 21.3. The Balaban J connectivity index is 1.84. The van der Waals surface area contributed by atoms with Crippen LogP contribution in [-0.4, -0.2) is 9.91 Å². The van der Waals surface area contributed by atoms with Crippen molar-refractivity contribution in [3.8, 4) is 17.3 Å². The van der Waals surface area contributed by atoms with E-state index in [4.69, 9.17) is 11.6 Å². The van der Waals surface area contributed by atoms with Gasteiger partial charge in [0.05, 0.1) is 26.9 Å². The Kier molecular flexibility index (Phi) is 6.05. The summed E-state index contributed by atoms with van der Waals surface area (Å²) in [4.78, 5) is 14.5. The lowest BCUT2D eigenvalue weighted by Gasteiger charge is -2.10. The Morgan fingerprint density at radius 2 is 1.97 bits per heavy atom. The molecule has 0 spiro atoms. The van der Waals surface area contributed by atoms with Crippen LogP contribution in [0.2, 0.25) is 5.02 Å². The molecule has 0 radical (unpaired) electrons. The summed E-state index contributed by atoms with van der Waals surface area (Å²) in [6.45, 7) is 0. The van der Waals surface area contributed by atoms with Gasteiger partial charge >= 0.3 is 6.18 Å². The van der Waals surface area contributed by atoms with Crippen LogP contribution in [0.15, 0.2) is 54.0 Å². The number of anilines is 1. The molecule has 0 fully saturated rings. The molecule has 0 aliphatic carbocycles. The second kappa shape index (κ2) is 8.52. The molecule has 152 valence electrons. The fourth-order valence-electron chi connectivity index (χ4n) is 2.39. The highest BCUT2D eigenvalue weighted by atomic mass is 35.5. The lowest BCUT2D eigenvalue weighted by atomic mass is 10.1. The lowest BCUT2D eigenvalue weighted by molar-refractivity contribution is -0.384. The third-order valence-electron chi connectivity index (χ3n) is 3.89. The molecule has 1 heterocycles. The van der Waals surface area contributed by atoms with E-state index in [1.54, 1.807) is 5.38 Å². The predicted octanol–water partition coefficient (Wildman–Crippen LogP) is 6.37. The first-order valence-electron chi connectivity index (χ1n) is 8.13. The Bertz CT molecular complexity index is 1170. The van der Waals surface area contributed by atoms with Gasteiger partial charge in [-0.1, -0.05) is 11.6 Å². The molecule has 3 rings (SSSR count). The van der Waals surface area contributed by atoms with E-state index >= 15 is 0 Å². The van der Waals surface area contributed by atoms with Gasteiger partial charge in [-0.2, -0.15) is 18.4 Å². The Morgan fingerprint density at radius 3 is 2.57 bits per heavy atom. The van der Waals surface area contributed by atoms with Gasteiger partial charge in [0.25, 0.3) is 5.69 Å². The summed E-state index contributed by atoms with van der Waals surface area (Å²) in [5.41, 5.74) is 0.260. The van der Waals surface area contributed by atoms with Crippen molar-refractivity contribution in [1.29, 1.82) is 5.26 Å². The summed E-state index contributed by atoms with van der Waals surface area (Å²) in [6.07, 6.45) is -3.31. The van der Waals surface area contributed by atoms with E-state index in [0.717, 1.165) is 29.5 Å². The zero-order valence-corrected chi connectivity index (χ0v) is 16.3. The minimum atomic E-state index is -4.53. The fraction of sp³-hybridized carbons (Fsp3) is 0.0526. The van der Waals surface area contributed by atoms with Crippen LogP contribution in [0.25, 0.3) is 16.8 Å². The summed E-state index contributed by atoms with van der Waals surface area (Å²) in [5.74, 6) is 0. The zero-order valence-electron chi connectivity index (χ0n) is 14.8. The maximum absolute atomic E-state index is 12.9. The van der Waals surface area contributed by atoms with E-state index in [-0.39, 0.29) is 22.0 Å². The molecule has 11 heteroatoms. The van der Waals surface area contributed by atoms with Crippen molar-refractivity contribution in [2.75, 3.05) is 5.32 Å². The standard InChI is InChI=1S/C19H10ClF3N4O2S/c20-15-6-3-13(19(21,22)23)7-16(15)25-9-12(8-24)18-26-17(10-30-18)11-1-4-14(5-2-11)27(28)29/h1-7,9-10,25H. The van der Waals surface area contributed by atoms with Crippen molar-refractivity contribution in [2.24, 2.45) is 0 Å². The number of nitrogens with zero attached hydrogens (tertiary/aromatic N) is 3. The molecule has 0 amide bonds. The number of rotatable bonds is 5. The number of alkyl halides is 3. The molecule has 3 aromatic rings. The summed E-state index contributed by atoms with van der Waals surface area (Å²) in [7, 11) is 0. The van der Waals surface area contributed by atoms with Crippen LogP contribution in [-0.2, 0) is 6.18 Å². The molecule has 6 nitrogen and oxygen atoms in total. The quantitative estimate of drug-likeness (QED) is 0.277. The number of hydrogen-bond acceptors (Lipinski definition) is 6. The SMILES string of the molecule is N#CC(=CNc1cc(C(F)(F)F)ccc1Cl)c1nc(-c2ccc([N+](=O)[O-])cc2)cs1. The van der Waals surface area contributed by atoms with Crippen molar-refractivity contribution >= 4 is 39.9 Å². The maximum Gasteiger partial charge on any atom is 0.416 e. The van der Waals surface area contributed by atoms with Crippen molar-refractivity contribution in [1.82, 2.24) is 4.98 Å². The van der Waals surface area contributed by atoms with Gasteiger partial charge in [-0.05, 0) is 30.3 Å². The smallest absolute Gasteiger partial charge is 0.359 e. The maximum atomic E-state index is 12.9. The largest absolute Gasteiger partial charge is 0.416 e. The van der Waals surface area contributed by atoms with Crippen LogP contribution < -0.4 is 5.32 Å². The molecule has 0 bridgehead atoms. The van der Waals surface area contributed by atoms with Gasteiger partial charge in [-0.25, -0.2) is 4.98 Å². The van der Waals surface area contributed by atoms with Crippen LogP contribution in [0.5, 0.6) is 0 Å². The van der Waals surface area contributed by atoms with Crippen LogP contribution >= 0.6 is 22.9 Å². The highest BCUT2D eigenvalue weighted by Gasteiger charge is 2.30. The van der Waals surface area contributed by atoms with E-state index in [2.05, 4.69) is 10.3 Å². The molecule has 0 unspecified atom stereocenters. The molecule has 0 atom stereocenters. The number of benzene rings is 2. The van der Waals surface area contributed by atoms with Gasteiger partial charge in [0, 0.05) is 29.3 Å². The summed E-state index contributed by atoms with van der Waals surface area (Å²) < 4.78 is 38.6. The van der Waals surface area contributed by atoms with E-state index in [1.807, 2.05) is 6.07 Å². The number of thiazole rings is 1. The van der Waals surface area contributed by atoms with E-state index in [0.29, 0.717) is 16.3 Å². The average molecular weight is 451 g/mol. The zero-order chi connectivity index (χ0) is 21.9. The number of allylic oxidation sites excluding steroid dienone is 1. The number of halogens is 4. The van der Waals surface area contributed by atoms with Crippen LogP contribution in [0.1, 0.15) is 10.6 Å². The Hall–Kier alpha value is -3.42. The molecule has 0 aliphatic heterocycles. The first-order valence-corrected chi connectivity index (χ1v) is 9.39. The average Bonchev–Trinajstić information content (AvgIpc) is 3.19. The van der Waals surface area contributed by atoms with E-state index in [9.17, 15) is 28.5 Å². The Labute approximate surface area is 177 Å². The molecule has 1 N–H and O–H groups in total. The monoisotopic (exact) mass is 450 g/mol. The lowest BCUT2D eigenvalue weighted by Crippen LogP contribution is -2.05. The molecule has 0 aliphatic rings. The van der Waals surface area contributed by atoms with Gasteiger partial charge in [0.2, 0.25) is 0 Å². The molecule has 1 aromatic heterocycles. The van der Waals surface area contributed by atoms with Crippen molar-refractivity contribution in [3.05, 3.63) is 79.8 Å². The van der Waals surface area contributed by atoms with Crippen molar-refractivity contribution in [3.63, 3.8) is 0 Å². The third-order valence-corrected chi connectivity index (χ3v) is 5.10. The topological polar surface area (TPSA) is 91.8 Å². The fourth-order valence-corrected chi connectivity index (χ4v) is 3.35. The third kappa shape index (κ3) is 4.76. The van der Waals surface area contributed by atoms with Gasteiger partial charge in [-0.15, -0.1) is 11.3 Å². The van der Waals surface area contributed by atoms with Crippen molar-refractivity contribution in [2.45, 2.75) is 6.18 Å². The molecule has 0 saturated heterocycles. The predicted molar refractivity (Wildman–Crippen MR) is 108 cm³/mol. The van der Waals surface area contributed by atoms with Gasteiger partial charge in [-0.3, -0.25) is 10.1 Å².